The Labute approximate surface area is 285 Å². The van der Waals surface area contributed by atoms with Crippen molar-refractivity contribution >= 4 is 18.2 Å². The first-order valence-corrected chi connectivity index (χ1v) is 19.1. The first kappa shape index (κ1) is 33.1. The zero-order chi connectivity index (χ0) is 34.2. The highest BCUT2D eigenvalue weighted by Crippen LogP contribution is 2.89. The molecule has 0 aromatic carbocycles. The van der Waals surface area contributed by atoms with E-state index < -0.39 is 18.0 Å². The predicted octanol–water partition coefficient (Wildman–Crippen LogP) is 5.94. The van der Waals surface area contributed by atoms with Gasteiger partial charge in [0.05, 0.1) is 24.2 Å². The molecule has 3 heterocycles. The summed E-state index contributed by atoms with van der Waals surface area (Å²) >= 11 is 0. The number of carbonyl (C=O) groups is 3. The van der Waals surface area contributed by atoms with Gasteiger partial charge >= 0.3 is 18.2 Å². The monoisotopic (exact) mass is 670 g/mol. The number of ether oxygens (including phenoxy) is 3. The Balaban J connectivity index is 0.994. The van der Waals surface area contributed by atoms with E-state index in [1.165, 1.54) is 17.7 Å². The summed E-state index contributed by atoms with van der Waals surface area (Å²) in [4.78, 5) is 40.5. The maximum atomic E-state index is 13.0. The van der Waals surface area contributed by atoms with Gasteiger partial charge in [0.1, 0.15) is 12.2 Å². The second kappa shape index (κ2) is 10.7. The zero-order valence-corrected chi connectivity index (χ0v) is 29.9. The molecule has 8 aliphatic rings. The van der Waals surface area contributed by atoms with Gasteiger partial charge in [-0.25, -0.2) is 9.59 Å². The fourth-order valence-corrected chi connectivity index (χ4v) is 13.5. The molecule has 3 aliphatic heterocycles. The minimum absolute atomic E-state index is 0.0243. The highest BCUT2D eigenvalue weighted by molar-refractivity contribution is 5.76. The number of aliphatic hydroxyl groups is 1. The molecule has 268 valence electrons. The molecule has 10 nitrogen and oxygen atoms in total. The van der Waals surface area contributed by atoms with Crippen molar-refractivity contribution in [3.05, 3.63) is 0 Å². The number of aliphatic carboxylic acids is 1. The fourth-order valence-electron chi connectivity index (χ4n) is 13.5. The van der Waals surface area contributed by atoms with Crippen LogP contribution in [0.5, 0.6) is 0 Å². The van der Waals surface area contributed by atoms with Gasteiger partial charge in [-0.2, -0.15) is 0 Å². The van der Waals surface area contributed by atoms with Crippen molar-refractivity contribution in [2.24, 2.45) is 56.7 Å². The molecule has 2 spiro atoms. The summed E-state index contributed by atoms with van der Waals surface area (Å²) in [6.45, 7) is 15.6. The maximum absolute atomic E-state index is 13.0. The summed E-state index contributed by atoms with van der Waals surface area (Å²) in [5.74, 6) is -0.0800. The van der Waals surface area contributed by atoms with Crippen LogP contribution in [-0.2, 0) is 19.0 Å². The summed E-state index contributed by atoms with van der Waals surface area (Å²) in [5, 5.41) is 21.8. The molecule has 0 bridgehead atoms. The smallest absolute Gasteiger partial charge is 0.410 e. The van der Waals surface area contributed by atoms with Crippen LogP contribution in [0, 0.1) is 56.7 Å². The standard InChI is InChI=1S/C38H58N2O8/c1-21(2)28(48-32(44)39-16-7-17-39)24-9-8-23-29(46-24)30(41)36(6)26-11-10-25-34(3,4)27(47-33(45)40-18-22(19-40)31(42)43)12-13-37(25)20-38(26,37)15-14-35(23,36)5/h21-30,41H,7-20H2,1-6H3,(H,42,43)/t23-,24?,25?,26?,27?,28?,29?,30-,35?,36+,37?,38?/m0/s1. The van der Waals surface area contributed by atoms with E-state index in [1.54, 1.807) is 4.90 Å². The third kappa shape index (κ3) is 4.19. The van der Waals surface area contributed by atoms with Gasteiger partial charge < -0.3 is 34.2 Å². The Kier molecular flexibility index (Phi) is 7.39. The predicted molar refractivity (Wildman–Crippen MR) is 176 cm³/mol. The Hall–Kier alpha value is -2.07. The van der Waals surface area contributed by atoms with Crippen molar-refractivity contribution in [2.45, 2.75) is 136 Å². The van der Waals surface area contributed by atoms with Gasteiger partial charge in [0.25, 0.3) is 0 Å². The van der Waals surface area contributed by atoms with Crippen LogP contribution in [0.25, 0.3) is 0 Å². The summed E-state index contributed by atoms with van der Waals surface area (Å²) in [7, 11) is 0. The third-order valence-corrected chi connectivity index (χ3v) is 16.5. The molecule has 48 heavy (non-hydrogen) atoms. The Morgan fingerprint density at radius 3 is 2.19 bits per heavy atom. The second-order valence-corrected chi connectivity index (χ2v) is 18.7. The Bertz CT molecular complexity index is 1360. The molecule has 0 aromatic heterocycles. The number of carbonyl (C=O) groups excluding carboxylic acids is 2. The number of amides is 2. The quantitative estimate of drug-likeness (QED) is 0.368. The molecule has 8 fully saturated rings. The lowest BCUT2D eigenvalue weighted by molar-refractivity contribution is -0.185. The van der Waals surface area contributed by atoms with Crippen LogP contribution in [0.15, 0.2) is 0 Å². The minimum atomic E-state index is -0.854. The summed E-state index contributed by atoms with van der Waals surface area (Å²) in [5.41, 5.74) is -0.0635. The molecule has 8 rings (SSSR count). The third-order valence-electron chi connectivity index (χ3n) is 16.5. The average molecular weight is 671 g/mol. The lowest BCUT2D eigenvalue weighted by Gasteiger charge is -2.63. The average Bonchev–Trinajstić information content (AvgIpc) is 3.60. The summed E-state index contributed by atoms with van der Waals surface area (Å²) in [6.07, 6.45) is 8.21. The number of aliphatic hydroxyl groups excluding tert-OH is 1. The van der Waals surface area contributed by atoms with Crippen LogP contribution in [0.3, 0.4) is 0 Å². The van der Waals surface area contributed by atoms with E-state index in [-0.39, 0.29) is 88.6 Å². The van der Waals surface area contributed by atoms with Gasteiger partial charge in [0.2, 0.25) is 0 Å². The van der Waals surface area contributed by atoms with E-state index in [9.17, 15) is 24.6 Å². The molecule has 2 N–H and O–H groups in total. The fraction of sp³-hybridized carbons (Fsp3) is 0.921. The maximum Gasteiger partial charge on any atom is 0.410 e. The molecule has 2 amide bonds. The van der Waals surface area contributed by atoms with Crippen LogP contribution in [0.4, 0.5) is 9.59 Å². The number of nitrogens with zero attached hydrogens (tertiary/aromatic N) is 2. The minimum Gasteiger partial charge on any atom is -0.481 e. The first-order chi connectivity index (χ1) is 22.6. The van der Waals surface area contributed by atoms with E-state index in [4.69, 9.17) is 14.2 Å². The normalized spacial score (nSPS) is 47.6. The Morgan fingerprint density at radius 1 is 0.854 bits per heavy atom. The van der Waals surface area contributed by atoms with Crippen LogP contribution >= 0.6 is 0 Å². The molecule has 0 aromatic rings. The largest absolute Gasteiger partial charge is 0.481 e. The van der Waals surface area contributed by atoms with Gasteiger partial charge in [0, 0.05) is 37.0 Å². The van der Waals surface area contributed by atoms with Crippen molar-refractivity contribution < 1.29 is 38.8 Å². The van der Waals surface area contributed by atoms with E-state index in [0.29, 0.717) is 11.8 Å². The molecular weight excluding hydrogens is 612 g/mol. The number of hydrogen-bond acceptors (Lipinski definition) is 7. The molecule has 0 radical (unpaired) electrons. The van der Waals surface area contributed by atoms with Crippen LogP contribution in [0.2, 0.25) is 0 Å². The van der Waals surface area contributed by atoms with Crippen LogP contribution in [-0.4, -0.2) is 94.9 Å². The topological polar surface area (TPSA) is 126 Å². The Morgan fingerprint density at radius 2 is 1.54 bits per heavy atom. The van der Waals surface area contributed by atoms with Crippen molar-refractivity contribution in [1.29, 1.82) is 0 Å². The number of fused-ring (bicyclic) bond motifs is 4. The number of rotatable bonds is 5. The SMILES string of the molecule is CC(C)C(OC(=O)N1CCC1)C1CC[C@H]2C(O1)[C@H](O)[C@@]1(C)C3CCC4C(C)(C)C(OC(=O)N5CC(C(=O)O)C5)CCC45CC35CCC21C. The van der Waals surface area contributed by atoms with Gasteiger partial charge in [-0.15, -0.1) is 0 Å². The number of carboxylic acid groups (broad SMARTS) is 1. The van der Waals surface area contributed by atoms with E-state index in [1.807, 2.05) is 0 Å². The summed E-state index contributed by atoms with van der Waals surface area (Å²) in [6, 6.07) is 0. The van der Waals surface area contributed by atoms with Gasteiger partial charge in [-0.3, -0.25) is 4.79 Å². The zero-order valence-electron chi connectivity index (χ0n) is 29.9. The molecule has 9 unspecified atom stereocenters. The number of likely N-dealkylation sites (tertiary alicyclic amines) is 2. The molecule has 10 heteroatoms. The van der Waals surface area contributed by atoms with E-state index in [2.05, 4.69) is 41.5 Å². The lowest BCUT2D eigenvalue weighted by atomic mass is 9.41. The highest BCUT2D eigenvalue weighted by Gasteiger charge is 2.84. The molecule has 5 aliphatic carbocycles. The molecule has 12 atom stereocenters. The second-order valence-electron chi connectivity index (χ2n) is 18.7. The van der Waals surface area contributed by atoms with Gasteiger partial charge in [0.15, 0.2) is 0 Å². The van der Waals surface area contributed by atoms with Crippen LogP contribution < -0.4 is 0 Å². The van der Waals surface area contributed by atoms with E-state index in [0.717, 1.165) is 64.5 Å². The van der Waals surface area contributed by atoms with Crippen molar-refractivity contribution in [2.75, 3.05) is 26.2 Å². The molecular formula is C38H58N2O8. The van der Waals surface area contributed by atoms with Crippen LogP contribution in [0.1, 0.15) is 106 Å². The highest BCUT2D eigenvalue weighted by atomic mass is 16.6. The number of hydrogen-bond donors (Lipinski definition) is 2. The summed E-state index contributed by atoms with van der Waals surface area (Å²) < 4.78 is 19.2. The van der Waals surface area contributed by atoms with Crippen molar-refractivity contribution in [3.63, 3.8) is 0 Å². The van der Waals surface area contributed by atoms with Crippen molar-refractivity contribution in [3.8, 4) is 0 Å². The van der Waals surface area contributed by atoms with Gasteiger partial charge in [-0.1, -0.05) is 41.5 Å². The number of carboxylic acids is 1. The molecule has 3 saturated heterocycles. The lowest BCUT2D eigenvalue weighted by Crippen LogP contribution is -2.60. The van der Waals surface area contributed by atoms with Crippen molar-refractivity contribution in [1.82, 2.24) is 9.80 Å². The first-order valence-electron chi connectivity index (χ1n) is 19.1. The van der Waals surface area contributed by atoms with E-state index >= 15 is 0 Å². The molecule has 5 saturated carbocycles. The van der Waals surface area contributed by atoms with Gasteiger partial charge in [-0.05, 0) is 104 Å².